The molecule has 3 aromatic rings. The lowest BCUT2D eigenvalue weighted by atomic mass is 9.85. The number of aliphatic imine (C=N–C) groups is 1. The van der Waals surface area contributed by atoms with E-state index < -0.39 is 0 Å². The van der Waals surface area contributed by atoms with Gasteiger partial charge in [0.25, 0.3) is 0 Å². The number of likely N-dealkylation sites (tertiary alicyclic amines) is 1. The second kappa shape index (κ2) is 8.02. The number of fused-ring (bicyclic) bond motifs is 2. The minimum atomic E-state index is 0.348. The van der Waals surface area contributed by atoms with Crippen molar-refractivity contribution < 1.29 is 0 Å². The highest BCUT2D eigenvalue weighted by atomic mass is 32.2. The molecule has 0 bridgehead atoms. The standard InChI is InChI=1S/C26H24N2S/c1-28-17-21(16-19-10-4-2-5-11-19)25-22(18-28)26(20-12-6-3-7-13-20)29-24-15-9-8-14-23(24)27-25/h2-16,22,26H,17-18H2,1H3/b21-16+/t22-,26+/m1/s1. The van der Waals surface area contributed by atoms with E-state index in [1.807, 2.05) is 11.8 Å². The minimum absolute atomic E-state index is 0.348. The summed E-state index contributed by atoms with van der Waals surface area (Å²) in [5.41, 5.74) is 6.29. The van der Waals surface area contributed by atoms with Crippen LogP contribution in [-0.2, 0) is 0 Å². The van der Waals surface area contributed by atoms with Crippen LogP contribution >= 0.6 is 11.8 Å². The van der Waals surface area contributed by atoms with E-state index in [2.05, 4.69) is 103 Å². The predicted octanol–water partition coefficient (Wildman–Crippen LogP) is 6.25. The summed E-state index contributed by atoms with van der Waals surface area (Å²) < 4.78 is 0. The van der Waals surface area contributed by atoms with Gasteiger partial charge in [-0.25, -0.2) is 0 Å². The summed E-state index contributed by atoms with van der Waals surface area (Å²) in [6.45, 7) is 1.95. The molecule has 144 valence electrons. The monoisotopic (exact) mass is 396 g/mol. The van der Waals surface area contributed by atoms with Crippen LogP contribution in [0.3, 0.4) is 0 Å². The van der Waals surface area contributed by atoms with Crippen LogP contribution in [0.2, 0.25) is 0 Å². The van der Waals surface area contributed by atoms with Crippen LogP contribution < -0.4 is 0 Å². The molecule has 1 fully saturated rings. The Morgan fingerprint density at radius 1 is 0.897 bits per heavy atom. The third-order valence-electron chi connectivity index (χ3n) is 5.62. The molecular weight excluding hydrogens is 372 g/mol. The number of hydrogen-bond donors (Lipinski definition) is 0. The highest BCUT2D eigenvalue weighted by Crippen LogP contribution is 2.49. The summed E-state index contributed by atoms with van der Waals surface area (Å²) in [5.74, 6) is 0.350. The van der Waals surface area contributed by atoms with Crippen molar-refractivity contribution in [2.45, 2.75) is 10.1 Å². The van der Waals surface area contributed by atoms with Crippen LogP contribution in [0.15, 0.2) is 100 Å². The molecule has 0 aromatic heterocycles. The lowest BCUT2D eigenvalue weighted by molar-refractivity contribution is 0.315. The van der Waals surface area contributed by atoms with Gasteiger partial charge in [0.1, 0.15) is 0 Å². The van der Waals surface area contributed by atoms with Gasteiger partial charge >= 0.3 is 0 Å². The number of nitrogens with zero attached hydrogens (tertiary/aromatic N) is 2. The Labute approximate surface area is 177 Å². The largest absolute Gasteiger partial charge is 0.301 e. The van der Waals surface area contributed by atoms with Crippen molar-refractivity contribution in [2.75, 3.05) is 20.1 Å². The van der Waals surface area contributed by atoms with Gasteiger partial charge in [0.15, 0.2) is 0 Å². The molecule has 3 aromatic carbocycles. The van der Waals surface area contributed by atoms with Crippen molar-refractivity contribution in [1.29, 1.82) is 0 Å². The maximum Gasteiger partial charge on any atom is 0.0769 e. The molecule has 2 aliphatic rings. The van der Waals surface area contributed by atoms with Gasteiger partial charge in [-0.15, -0.1) is 11.8 Å². The number of rotatable bonds is 2. The highest BCUT2D eigenvalue weighted by Gasteiger charge is 2.37. The van der Waals surface area contributed by atoms with E-state index in [9.17, 15) is 0 Å². The van der Waals surface area contributed by atoms with Crippen LogP contribution in [-0.4, -0.2) is 30.7 Å². The number of thioether (sulfide) groups is 1. The molecular formula is C26H24N2S. The topological polar surface area (TPSA) is 15.6 Å². The third-order valence-corrected chi connectivity index (χ3v) is 7.08. The second-order valence-corrected chi connectivity index (χ2v) is 8.98. The van der Waals surface area contributed by atoms with E-state index in [-0.39, 0.29) is 0 Å². The summed E-state index contributed by atoms with van der Waals surface area (Å²) in [5, 5.41) is 0.348. The Morgan fingerprint density at radius 2 is 1.59 bits per heavy atom. The van der Waals surface area contributed by atoms with Gasteiger partial charge in [-0.05, 0) is 42.0 Å². The highest BCUT2D eigenvalue weighted by molar-refractivity contribution is 7.99. The summed E-state index contributed by atoms with van der Waals surface area (Å²) in [7, 11) is 2.22. The Kier molecular flexibility index (Phi) is 5.09. The van der Waals surface area contributed by atoms with Gasteiger partial charge in [0.2, 0.25) is 0 Å². The lowest BCUT2D eigenvalue weighted by Gasteiger charge is -2.36. The number of likely N-dealkylation sites (N-methyl/N-ethyl adjacent to an activating group) is 1. The molecule has 2 heterocycles. The molecule has 5 rings (SSSR count). The van der Waals surface area contributed by atoms with Gasteiger partial charge in [0.05, 0.1) is 11.4 Å². The van der Waals surface area contributed by atoms with E-state index in [0.29, 0.717) is 11.2 Å². The third kappa shape index (κ3) is 3.81. The quantitative estimate of drug-likeness (QED) is 0.509. The van der Waals surface area contributed by atoms with Crippen molar-refractivity contribution in [3.63, 3.8) is 0 Å². The van der Waals surface area contributed by atoms with E-state index in [1.54, 1.807) is 0 Å². The van der Waals surface area contributed by atoms with Gasteiger partial charge in [0, 0.05) is 29.2 Å². The Hall–Kier alpha value is -2.62. The first-order chi connectivity index (χ1) is 14.3. The minimum Gasteiger partial charge on any atom is -0.301 e. The number of hydrogen-bond acceptors (Lipinski definition) is 3. The van der Waals surface area contributed by atoms with Gasteiger partial charge in [-0.2, -0.15) is 0 Å². The molecule has 0 spiro atoms. The van der Waals surface area contributed by atoms with Crippen molar-refractivity contribution in [3.8, 4) is 0 Å². The summed E-state index contributed by atoms with van der Waals surface area (Å²) in [4.78, 5) is 8.95. The van der Waals surface area contributed by atoms with Crippen molar-refractivity contribution in [1.82, 2.24) is 4.90 Å². The zero-order chi connectivity index (χ0) is 19.6. The summed E-state index contributed by atoms with van der Waals surface area (Å²) in [6, 6.07) is 30.1. The molecule has 2 aliphatic heterocycles. The molecule has 0 N–H and O–H groups in total. The van der Waals surface area contributed by atoms with E-state index in [1.165, 1.54) is 27.3 Å². The molecule has 3 heteroatoms. The molecule has 0 aliphatic carbocycles. The first-order valence-electron chi connectivity index (χ1n) is 10.1. The van der Waals surface area contributed by atoms with Crippen molar-refractivity contribution >= 4 is 29.2 Å². The average Bonchev–Trinajstić information content (AvgIpc) is 2.92. The first kappa shape index (κ1) is 18.4. The van der Waals surface area contributed by atoms with Crippen LogP contribution in [0.5, 0.6) is 0 Å². The number of piperidine rings is 1. The Balaban J connectivity index is 1.67. The Bertz CT molecular complexity index is 1060. The zero-order valence-electron chi connectivity index (χ0n) is 16.5. The number of benzene rings is 3. The Morgan fingerprint density at radius 3 is 2.38 bits per heavy atom. The second-order valence-electron chi connectivity index (χ2n) is 7.80. The van der Waals surface area contributed by atoms with E-state index in [0.717, 1.165) is 18.8 Å². The fourth-order valence-electron chi connectivity index (χ4n) is 4.30. The molecule has 2 nitrogen and oxygen atoms in total. The van der Waals surface area contributed by atoms with Crippen molar-refractivity contribution in [3.05, 3.63) is 102 Å². The molecule has 0 amide bonds. The van der Waals surface area contributed by atoms with Crippen molar-refractivity contribution in [2.24, 2.45) is 10.9 Å². The van der Waals surface area contributed by atoms with Gasteiger partial charge in [-0.1, -0.05) is 72.8 Å². The summed E-state index contributed by atoms with van der Waals surface area (Å²) >= 11 is 1.96. The van der Waals surface area contributed by atoms with Crippen LogP contribution in [0.25, 0.3) is 6.08 Å². The first-order valence-corrected chi connectivity index (χ1v) is 11.0. The van der Waals surface area contributed by atoms with Gasteiger partial charge in [-0.3, -0.25) is 4.99 Å². The molecule has 0 unspecified atom stereocenters. The maximum atomic E-state index is 5.25. The van der Waals surface area contributed by atoms with Crippen LogP contribution in [0.1, 0.15) is 16.4 Å². The lowest BCUT2D eigenvalue weighted by Crippen LogP contribution is -2.42. The molecule has 29 heavy (non-hydrogen) atoms. The predicted molar refractivity (Wildman–Crippen MR) is 124 cm³/mol. The van der Waals surface area contributed by atoms with E-state index >= 15 is 0 Å². The van der Waals surface area contributed by atoms with E-state index in [4.69, 9.17) is 4.99 Å². The average molecular weight is 397 g/mol. The van der Waals surface area contributed by atoms with Crippen LogP contribution in [0.4, 0.5) is 5.69 Å². The normalized spacial score (nSPS) is 23.1. The molecule has 2 atom stereocenters. The molecule has 0 radical (unpaired) electrons. The maximum absolute atomic E-state index is 5.25. The molecule has 1 saturated heterocycles. The fourth-order valence-corrected chi connectivity index (χ4v) is 5.64. The SMILES string of the molecule is CN1C/C(=C\c2ccccc2)C2=Nc3ccccc3S[C@@H](c3ccccc3)[C@@H]2C1. The number of para-hydroxylation sites is 1. The van der Waals surface area contributed by atoms with Gasteiger partial charge < -0.3 is 4.90 Å². The fraction of sp³-hybridized carbons (Fsp3) is 0.192. The van der Waals surface area contributed by atoms with Crippen LogP contribution in [0, 0.1) is 5.92 Å². The molecule has 0 saturated carbocycles. The smallest absolute Gasteiger partial charge is 0.0769 e. The summed E-state index contributed by atoms with van der Waals surface area (Å²) in [6.07, 6.45) is 2.32. The zero-order valence-corrected chi connectivity index (χ0v) is 17.3.